The fourth-order valence-corrected chi connectivity index (χ4v) is 4.51. The standard InChI is InChI=1S/2C15H15N3.2CHCl3.2ClH/c2*1-10-8-11(2)18-14(10)9-17-13-5-3-4-12-6-7-16-15(12)13;2*2-1(3)4;;/h2*3-9,16,18H,1-2H3;2*1H;2*1H. The average Bonchev–Trinajstić information content (AvgIpc) is 3.73. The summed E-state index contributed by atoms with van der Waals surface area (Å²) in [6.45, 7) is 8.34. The molecule has 0 bridgehead atoms. The summed E-state index contributed by atoms with van der Waals surface area (Å²) < 4.78 is -1.50. The molecule has 0 aliphatic carbocycles. The fraction of sp³-hybridized carbons (Fsp3) is 0.188. The Labute approximate surface area is 311 Å². The van der Waals surface area contributed by atoms with E-state index in [9.17, 15) is 0 Å². The van der Waals surface area contributed by atoms with Crippen molar-refractivity contribution in [2.24, 2.45) is 0 Å². The molecule has 0 radical (unpaired) electrons. The second-order valence-electron chi connectivity index (χ2n) is 9.67. The Hall–Kier alpha value is -2.26. The second kappa shape index (κ2) is 20.9. The Balaban J connectivity index is 0.000000361. The Kier molecular flexibility index (Phi) is 18.9. The normalized spacial score (nSPS) is 10.7. The van der Waals surface area contributed by atoms with Crippen LogP contribution in [0.4, 0.5) is 11.4 Å². The first-order chi connectivity index (χ1) is 20.9. The molecular weight excluding hydrogens is 752 g/mol. The molecule has 0 unspecified atom stereocenters. The monoisotopic (exact) mass is 782 g/mol. The van der Waals surface area contributed by atoms with Crippen LogP contribution in [0.3, 0.4) is 0 Å². The predicted octanol–water partition coefficient (Wildman–Crippen LogP) is 1.87. The van der Waals surface area contributed by atoms with Gasteiger partial charge in [-0.25, -0.2) is 9.98 Å². The predicted molar refractivity (Wildman–Crippen MR) is 191 cm³/mol. The number of nitrogens with one attached hydrogen (secondary N) is 6. The molecule has 0 amide bonds. The number of alkyl halides is 6. The van der Waals surface area contributed by atoms with Crippen molar-refractivity contribution >= 4 is 115 Å². The molecule has 4 heterocycles. The van der Waals surface area contributed by atoms with Crippen molar-refractivity contribution in [3.8, 4) is 0 Å². The van der Waals surface area contributed by atoms with Crippen LogP contribution in [-0.4, -0.2) is 41.0 Å². The third kappa shape index (κ3) is 13.5. The molecule has 6 N–H and O–H groups in total. The van der Waals surface area contributed by atoms with Gasteiger partial charge in [0.05, 0.1) is 0 Å². The summed E-state index contributed by atoms with van der Waals surface area (Å²) in [4.78, 5) is 19.9. The van der Waals surface area contributed by atoms with Crippen LogP contribution in [-0.2, 0) is 0 Å². The smallest absolute Gasteiger partial charge is 0.227 e. The molecule has 6 rings (SSSR count). The summed E-state index contributed by atoms with van der Waals surface area (Å²) in [6.07, 6.45) is 7.94. The van der Waals surface area contributed by atoms with Gasteiger partial charge in [0.2, 0.25) is 11.4 Å². The number of rotatable bonds is 4. The molecule has 0 fully saturated rings. The Bertz CT molecular complexity index is 1680. The molecule has 0 saturated carbocycles. The summed E-state index contributed by atoms with van der Waals surface area (Å²) in [5.74, 6) is 0. The van der Waals surface area contributed by atoms with E-state index in [1.807, 2.05) is 24.8 Å². The van der Waals surface area contributed by atoms with Crippen molar-refractivity contribution in [2.75, 3.05) is 0 Å². The summed E-state index contributed by atoms with van der Waals surface area (Å²) in [5, 5.41) is 2.43. The quantitative estimate of drug-likeness (QED) is 0.117. The molecule has 0 aliphatic rings. The molecule has 46 heavy (non-hydrogen) atoms. The number of aromatic amines is 4. The van der Waals surface area contributed by atoms with Gasteiger partial charge in [-0.05, 0) is 63.1 Å². The van der Waals surface area contributed by atoms with Gasteiger partial charge in [-0.3, -0.25) is 0 Å². The highest BCUT2D eigenvalue weighted by atomic mass is 35.6. The topological polar surface area (TPSA) is 91.1 Å². The first-order valence-electron chi connectivity index (χ1n) is 13.4. The highest BCUT2D eigenvalue weighted by molar-refractivity contribution is 6.63. The van der Waals surface area contributed by atoms with E-state index >= 15 is 0 Å². The first-order valence-corrected chi connectivity index (χ1v) is 16.0. The molecule has 0 aliphatic heterocycles. The summed E-state index contributed by atoms with van der Waals surface area (Å²) in [6, 6.07) is 20.9. The van der Waals surface area contributed by atoms with E-state index in [4.69, 9.17) is 69.6 Å². The number of hydrogen-bond acceptors (Lipinski definition) is 0. The molecule has 0 saturated heterocycles. The zero-order valence-corrected chi connectivity index (χ0v) is 31.3. The number of halogens is 8. The van der Waals surface area contributed by atoms with Gasteiger partial charge in [0.25, 0.3) is 0 Å². The maximum atomic E-state index is 4.81. The Morgan fingerprint density at radius 3 is 1.22 bits per heavy atom. The lowest BCUT2D eigenvalue weighted by Crippen LogP contribution is -3.00. The van der Waals surface area contributed by atoms with Crippen LogP contribution in [0.5, 0.6) is 0 Å². The average molecular weight is 786 g/mol. The van der Waals surface area contributed by atoms with Gasteiger partial charge in [0, 0.05) is 46.7 Å². The van der Waals surface area contributed by atoms with Gasteiger partial charge in [-0.15, -0.1) is 0 Å². The lowest BCUT2D eigenvalue weighted by Gasteiger charge is -1.91. The highest BCUT2D eigenvalue weighted by Gasteiger charge is 2.07. The van der Waals surface area contributed by atoms with Crippen LogP contribution in [0.2, 0.25) is 0 Å². The minimum Gasteiger partial charge on any atom is -1.00 e. The van der Waals surface area contributed by atoms with E-state index in [1.54, 1.807) is 0 Å². The number of aromatic nitrogens is 4. The van der Waals surface area contributed by atoms with Crippen LogP contribution in [0, 0.1) is 27.7 Å². The van der Waals surface area contributed by atoms with Gasteiger partial charge in [-0.1, -0.05) is 93.9 Å². The Morgan fingerprint density at radius 1 is 0.565 bits per heavy atom. The van der Waals surface area contributed by atoms with E-state index in [-0.39, 0.29) is 24.8 Å². The van der Waals surface area contributed by atoms with E-state index in [0.29, 0.717) is 0 Å². The maximum absolute atomic E-state index is 4.81. The largest absolute Gasteiger partial charge is 1.00 e. The van der Waals surface area contributed by atoms with Crippen LogP contribution in [0.25, 0.3) is 21.8 Å². The minimum atomic E-state index is -0.750. The zero-order valence-electron chi connectivity index (χ0n) is 25.3. The second-order valence-corrected chi connectivity index (χ2v) is 13.6. The summed E-state index contributed by atoms with van der Waals surface area (Å²) >= 11 is 28.8. The van der Waals surface area contributed by atoms with E-state index < -0.39 is 8.59 Å². The van der Waals surface area contributed by atoms with Gasteiger partial charge < -0.3 is 44.7 Å². The summed E-state index contributed by atoms with van der Waals surface area (Å²) in [7, 11) is 0. The molecule has 0 atom stereocenters. The van der Waals surface area contributed by atoms with Crippen molar-refractivity contribution in [1.29, 1.82) is 0 Å². The first kappa shape index (κ1) is 41.8. The third-order valence-electron chi connectivity index (χ3n) is 6.30. The van der Waals surface area contributed by atoms with Crippen molar-refractivity contribution in [3.05, 3.63) is 107 Å². The SMILES string of the molecule is Cc1cc(C)c(C=[NH+]c2cccc3cc[nH]c23)[nH]1.Cc1cc(C)c(C=[NH+]c2cccc3cc[nH]c23)[nH]1.ClC(Cl)Cl.ClC(Cl)Cl.[Cl-].[Cl-]. The van der Waals surface area contributed by atoms with Crippen LogP contribution >= 0.6 is 69.6 Å². The molecule has 6 nitrogen and oxygen atoms in total. The van der Waals surface area contributed by atoms with E-state index in [2.05, 4.69) is 118 Å². The van der Waals surface area contributed by atoms with Gasteiger partial charge >= 0.3 is 0 Å². The van der Waals surface area contributed by atoms with E-state index in [0.717, 1.165) is 33.8 Å². The minimum absolute atomic E-state index is 0. The number of benzene rings is 2. The van der Waals surface area contributed by atoms with Gasteiger partial charge in [0.1, 0.15) is 22.4 Å². The molecule has 4 aromatic heterocycles. The third-order valence-corrected chi connectivity index (χ3v) is 6.30. The van der Waals surface area contributed by atoms with Gasteiger partial charge in [-0.2, -0.15) is 0 Å². The van der Waals surface area contributed by atoms with Crippen molar-refractivity contribution in [3.63, 3.8) is 0 Å². The molecule has 14 heteroatoms. The molecule has 248 valence electrons. The van der Waals surface area contributed by atoms with Crippen LogP contribution in [0.1, 0.15) is 33.9 Å². The maximum Gasteiger partial charge on any atom is 0.227 e. The van der Waals surface area contributed by atoms with Crippen LogP contribution in [0.15, 0.2) is 73.1 Å². The summed E-state index contributed by atoms with van der Waals surface area (Å²) in [5.41, 5.74) is 11.5. The Morgan fingerprint density at radius 2 is 0.913 bits per heavy atom. The number of H-pyrrole nitrogens is 4. The highest BCUT2D eigenvalue weighted by Crippen LogP contribution is 2.18. The van der Waals surface area contributed by atoms with E-state index in [1.165, 1.54) is 33.3 Å². The van der Waals surface area contributed by atoms with Crippen molar-refractivity contribution in [1.82, 2.24) is 19.9 Å². The molecule has 6 aromatic rings. The fourth-order valence-electron chi connectivity index (χ4n) is 4.51. The molecular formula is C32H34Cl8N6. The lowest BCUT2D eigenvalue weighted by molar-refractivity contribution is -0.345. The molecule has 0 spiro atoms. The van der Waals surface area contributed by atoms with Crippen molar-refractivity contribution in [2.45, 2.75) is 36.3 Å². The molecule has 2 aromatic carbocycles. The number of aryl methyl sites for hydroxylation is 4. The lowest BCUT2D eigenvalue weighted by atomic mass is 10.2. The van der Waals surface area contributed by atoms with Gasteiger partial charge in [0.15, 0.2) is 21.0 Å². The number of fused-ring (bicyclic) bond motifs is 2. The number of hydrogen-bond donors (Lipinski definition) is 6. The zero-order chi connectivity index (χ0) is 32.2. The van der Waals surface area contributed by atoms with Crippen molar-refractivity contribution < 1.29 is 34.8 Å². The van der Waals surface area contributed by atoms with Crippen LogP contribution < -0.4 is 34.8 Å². The number of para-hydroxylation sites is 2.